The van der Waals surface area contributed by atoms with Crippen molar-refractivity contribution in [3.63, 3.8) is 0 Å². The normalized spacial score (nSPS) is 11.4. The Morgan fingerprint density at radius 2 is 1.68 bits per heavy atom. The zero-order valence-electron chi connectivity index (χ0n) is 19.1. The molecule has 0 spiro atoms. The lowest BCUT2D eigenvalue weighted by Gasteiger charge is -2.18. The number of carboxylic acid groups (broad SMARTS) is 1. The van der Waals surface area contributed by atoms with Gasteiger partial charge in [0.25, 0.3) is 5.91 Å². The molecule has 34 heavy (non-hydrogen) atoms. The van der Waals surface area contributed by atoms with E-state index in [2.05, 4.69) is 16.0 Å². The third-order valence-electron chi connectivity index (χ3n) is 4.79. The third kappa shape index (κ3) is 7.66. The third-order valence-corrected chi connectivity index (χ3v) is 4.79. The smallest absolute Gasteiger partial charge is 0.328 e. The summed E-state index contributed by atoms with van der Waals surface area (Å²) in [7, 11) is 3.08. The Morgan fingerprint density at radius 3 is 2.35 bits per heavy atom. The lowest BCUT2D eigenvalue weighted by atomic mass is 10.0. The number of methoxy groups -OCH3 is 2. The van der Waals surface area contributed by atoms with E-state index in [4.69, 9.17) is 14.6 Å². The highest BCUT2D eigenvalue weighted by Gasteiger charge is 2.16. The van der Waals surface area contributed by atoms with Crippen molar-refractivity contribution in [2.24, 2.45) is 0 Å². The van der Waals surface area contributed by atoms with Crippen LogP contribution in [0.15, 0.2) is 54.6 Å². The van der Waals surface area contributed by atoms with Crippen molar-refractivity contribution in [1.29, 1.82) is 0 Å². The first-order chi connectivity index (χ1) is 16.2. The van der Waals surface area contributed by atoms with Crippen molar-refractivity contribution in [3.8, 4) is 11.5 Å². The standard InChI is InChI=1S/C24H27N3O7/c1-15(16-8-9-19(33-2)20(12-16)34-3)27-24(32)18-7-5-4-6-17(18)13-25-22(29)14-26-21(28)10-11-23(30)31/h4-12,15H,13-14H2,1-3H3,(H,25,29)(H,26,28)(H,27,32)(H,30,31)/b11-10+. The molecule has 1 atom stereocenters. The van der Waals surface area contributed by atoms with Crippen LogP contribution in [0, 0.1) is 0 Å². The van der Waals surface area contributed by atoms with Crippen LogP contribution in [0.1, 0.15) is 34.5 Å². The molecule has 0 aliphatic heterocycles. The van der Waals surface area contributed by atoms with Crippen LogP contribution in [-0.4, -0.2) is 49.6 Å². The largest absolute Gasteiger partial charge is 0.493 e. The minimum absolute atomic E-state index is 0.0635. The molecule has 0 aromatic heterocycles. The highest BCUT2D eigenvalue weighted by atomic mass is 16.5. The van der Waals surface area contributed by atoms with Gasteiger partial charge in [0.05, 0.1) is 26.8 Å². The summed E-state index contributed by atoms with van der Waals surface area (Å²) in [5, 5.41) is 16.3. The number of ether oxygens (including phenoxy) is 2. The zero-order chi connectivity index (χ0) is 25.1. The number of hydrogen-bond donors (Lipinski definition) is 4. The van der Waals surface area contributed by atoms with E-state index in [9.17, 15) is 19.2 Å². The minimum atomic E-state index is -1.27. The van der Waals surface area contributed by atoms with Crippen LogP contribution in [0.3, 0.4) is 0 Å². The molecule has 0 aliphatic carbocycles. The highest BCUT2D eigenvalue weighted by Crippen LogP contribution is 2.30. The van der Waals surface area contributed by atoms with Crippen molar-refractivity contribution in [2.75, 3.05) is 20.8 Å². The molecule has 0 saturated carbocycles. The van der Waals surface area contributed by atoms with Crippen molar-refractivity contribution in [2.45, 2.75) is 19.5 Å². The van der Waals surface area contributed by atoms with Gasteiger partial charge in [0.15, 0.2) is 11.5 Å². The zero-order valence-corrected chi connectivity index (χ0v) is 19.1. The number of aliphatic carboxylic acids is 1. The van der Waals surface area contributed by atoms with Gasteiger partial charge < -0.3 is 30.5 Å². The molecule has 0 radical (unpaired) electrons. The average molecular weight is 469 g/mol. The quantitative estimate of drug-likeness (QED) is 0.366. The fourth-order valence-electron chi connectivity index (χ4n) is 3.01. The fourth-order valence-corrected chi connectivity index (χ4v) is 3.01. The first kappa shape index (κ1) is 25.9. The van der Waals surface area contributed by atoms with Crippen LogP contribution in [0.25, 0.3) is 0 Å². The second-order valence-electron chi connectivity index (χ2n) is 7.13. The number of carbonyl (C=O) groups excluding carboxylic acids is 3. The second-order valence-corrected chi connectivity index (χ2v) is 7.13. The number of rotatable bonds is 11. The summed E-state index contributed by atoms with van der Waals surface area (Å²) in [4.78, 5) is 46.8. The Bertz CT molecular complexity index is 1080. The van der Waals surface area contributed by atoms with Crippen molar-refractivity contribution in [3.05, 3.63) is 71.3 Å². The van der Waals surface area contributed by atoms with Crippen molar-refractivity contribution >= 4 is 23.7 Å². The average Bonchev–Trinajstić information content (AvgIpc) is 2.84. The molecule has 10 nitrogen and oxygen atoms in total. The Hall–Kier alpha value is -4.34. The molecular weight excluding hydrogens is 442 g/mol. The maximum absolute atomic E-state index is 12.9. The van der Waals surface area contributed by atoms with Gasteiger partial charge in [-0.1, -0.05) is 24.3 Å². The van der Waals surface area contributed by atoms with E-state index in [0.29, 0.717) is 28.7 Å². The number of nitrogens with one attached hydrogen (secondary N) is 3. The first-order valence-corrected chi connectivity index (χ1v) is 10.3. The van der Waals surface area contributed by atoms with E-state index in [1.807, 2.05) is 13.0 Å². The maximum Gasteiger partial charge on any atom is 0.328 e. The molecule has 0 heterocycles. The molecule has 2 aromatic rings. The topological polar surface area (TPSA) is 143 Å². The second kappa shape index (κ2) is 12.6. The van der Waals surface area contributed by atoms with Crippen LogP contribution in [0.4, 0.5) is 0 Å². The summed E-state index contributed by atoms with van der Waals surface area (Å²) in [6.07, 6.45) is 1.49. The molecule has 0 saturated heterocycles. The number of amides is 3. The van der Waals surface area contributed by atoms with Gasteiger partial charge in [-0.25, -0.2) is 4.79 Å². The predicted octanol–water partition coefficient (Wildman–Crippen LogP) is 1.57. The molecule has 180 valence electrons. The van der Waals surface area contributed by atoms with Crippen LogP contribution in [0.2, 0.25) is 0 Å². The Balaban J connectivity index is 1.99. The maximum atomic E-state index is 12.9. The number of benzene rings is 2. The minimum Gasteiger partial charge on any atom is -0.493 e. The van der Waals surface area contributed by atoms with E-state index in [0.717, 1.165) is 11.6 Å². The van der Waals surface area contributed by atoms with Crippen LogP contribution >= 0.6 is 0 Å². The van der Waals surface area contributed by atoms with Crippen molar-refractivity contribution < 1.29 is 33.8 Å². The molecule has 2 aromatic carbocycles. The SMILES string of the molecule is COc1ccc(C(C)NC(=O)c2ccccc2CNC(=O)CNC(=O)/C=C/C(=O)O)cc1OC. The number of carbonyl (C=O) groups is 4. The van der Waals surface area contributed by atoms with E-state index in [1.165, 1.54) is 7.11 Å². The Kier molecular flexibility index (Phi) is 9.63. The van der Waals surface area contributed by atoms with Crippen LogP contribution in [-0.2, 0) is 20.9 Å². The molecular formula is C24H27N3O7. The summed E-state index contributed by atoms with van der Waals surface area (Å²) in [6, 6.07) is 11.9. The summed E-state index contributed by atoms with van der Waals surface area (Å²) < 4.78 is 10.6. The van der Waals surface area contributed by atoms with Gasteiger partial charge >= 0.3 is 5.97 Å². The molecule has 3 amide bonds. The van der Waals surface area contributed by atoms with Gasteiger partial charge in [-0.3, -0.25) is 14.4 Å². The van der Waals surface area contributed by atoms with E-state index < -0.39 is 17.8 Å². The summed E-state index contributed by atoms with van der Waals surface area (Å²) in [5.41, 5.74) is 1.80. The lowest BCUT2D eigenvalue weighted by Crippen LogP contribution is -2.36. The van der Waals surface area contributed by atoms with Gasteiger partial charge in [0, 0.05) is 24.3 Å². The van der Waals surface area contributed by atoms with Crippen LogP contribution in [0.5, 0.6) is 11.5 Å². The van der Waals surface area contributed by atoms with Gasteiger partial charge in [-0.2, -0.15) is 0 Å². The molecule has 0 aliphatic rings. The van der Waals surface area contributed by atoms with Gasteiger partial charge in [-0.15, -0.1) is 0 Å². The van der Waals surface area contributed by atoms with Crippen LogP contribution < -0.4 is 25.4 Å². The molecule has 0 bridgehead atoms. The first-order valence-electron chi connectivity index (χ1n) is 10.3. The van der Waals surface area contributed by atoms with Gasteiger partial charge in [0.1, 0.15) is 0 Å². The van der Waals surface area contributed by atoms with E-state index in [-0.39, 0.29) is 25.0 Å². The van der Waals surface area contributed by atoms with Gasteiger partial charge in [0.2, 0.25) is 11.8 Å². The molecule has 2 rings (SSSR count). The van der Waals surface area contributed by atoms with Crippen molar-refractivity contribution in [1.82, 2.24) is 16.0 Å². The lowest BCUT2D eigenvalue weighted by molar-refractivity contribution is -0.131. The monoisotopic (exact) mass is 469 g/mol. The number of carboxylic acids is 1. The Labute approximate surface area is 196 Å². The summed E-state index contributed by atoms with van der Waals surface area (Å²) in [5.74, 6) is -1.66. The molecule has 10 heteroatoms. The Morgan fingerprint density at radius 1 is 0.971 bits per heavy atom. The molecule has 1 unspecified atom stereocenters. The fraction of sp³-hybridized carbons (Fsp3) is 0.250. The van der Waals surface area contributed by atoms with E-state index >= 15 is 0 Å². The number of hydrogen-bond acceptors (Lipinski definition) is 6. The van der Waals surface area contributed by atoms with E-state index in [1.54, 1.807) is 43.5 Å². The van der Waals surface area contributed by atoms with Gasteiger partial charge in [-0.05, 0) is 36.2 Å². The summed E-state index contributed by atoms with van der Waals surface area (Å²) in [6.45, 7) is 1.56. The molecule has 0 fully saturated rings. The predicted molar refractivity (Wildman–Crippen MR) is 124 cm³/mol. The highest BCUT2D eigenvalue weighted by molar-refractivity contribution is 5.97. The molecule has 4 N–H and O–H groups in total. The summed E-state index contributed by atoms with van der Waals surface area (Å²) >= 11 is 0.